The second-order valence-electron chi connectivity index (χ2n) is 7.50. The minimum atomic E-state index is -0.196. The van der Waals surface area contributed by atoms with E-state index in [0.717, 1.165) is 17.6 Å². The number of allylic oxidation sites excluding steroid dienone is 2. The van der Waals surface area contributed by atoms with Crippen molar-refractivity contribution in [2.45, 2.75) is 74.1 Å². The fourth-order valence-corrected chi connectivity index (χ4v) is 3.20. The molecule has 2 atom stereocenters. The van der Waals surface area contributed by atoms with Crippen LogP contribution in [0.15, 0.2) is 84.0 Å². The maximum Gasteiger partial charge on any atom is 0.333 e. The molecule has 0 aliphatic carbocycles. The summed E-state index contributed by atoms with van der Waals surface area (Å²) in [6.45, 7) is 10.7. The molecule has 2 aromatic rings. The molecule has 0 saturated heterocycles. The zero-order valence-corrected chi connectivity index (χ0v) is 19.7. The van der Waals surface area contributed by atoms with E-state index in [1.165, 1.54) is 11.1 Å². The lowest BCUT2D eigenvalue weighted by Crippen LogP contribution is -2.08. The predicted octanol–water partition coefficient (Wildman–Crippen LogP) is 8.08. The van der Waals surface area contributed by atoms with Crippen molar-refractivity contribution < 1.29 is 14.6 Å². The van der Waals surface area contributed by atoms with E-state index < -0.39 is 0 Å². The number of hydrogen-bond donors (Lipinski definition) is 1. The maximum atomic E-state index is 11.7. The molecule has 0 aromatic heterocycles. The Hall–Kier alpha value is -2.65. The Morgan fingerprint density at radius 3 is 1.64 bits per heavy atom. The summed E-state index contributed by atoms with van der Waals surface area (Å²) in [7, 11) is 0. The van der Waals surface area contributed by atoms with Crippen LogP contribution < -0.4 is 0 Å². The molecule has 3 heteroatoms. The number of esters is 1. The molecule has 0 fully saturated rings. The van der Waals surface area contributed by atoms with Gasteiger partial charge < -0.3 is 9.84 Å². The monoisotopic (exact) mass is 454 g/mol. The fourth-order valence-electron chi connectivity index (χ4n) is 3.20. The zero-order valence-electron chi connectivity index (χ0n) is 19.7. The third kappa shape index (κ3) is 12.2. The summed E-state index contributed by atoms with van der Waals surface area (Å²) in [5.41, 5.74) is 4.37. The smallest absolute Gasteiger partial charge is 0.333 e. The van der Waals surface area contributed by atoms with E-state index in [1.807, 2.05) is 56.3 Å². The van der Waals surface area contributed by atoms with Crippen LogP contribution in [0.2, 0.25) is 0 Å². The summed E-state index contributed by atoms with van der Waals surface area (Å²) in [5.74, 6) is 0.423. The number of rotatable bonds is 9. The first-order chi connectivity index (χ1) is 15.0. The van der Waals surface area contributed by atoms with Crippen LogP contribution in [0.4, 0.5) is 0 Å². The van der Waals surface area contributed by atoms with Crippen LogP contribution in [0.3, 0.4) is 0 Å². The molecular formula is C30H46O3. The van der Waals surface area contributed by atoms with Gasteiger partial charge in [0.25, 0.3) is 0 Å². The molecule has 0 bridgehead atoms. The van der Waals surface area contributed by atoms with E-state index >= 15 is 0 Å². The lowest BCUT2D eigenvalue weighted by Gasteiger charge is -2.10. The number of carbonyl (C=O) groups is 1. The molecule has 0 aliphatic rings. The average molecular weight is 455 g/mol. The van der Waals surface area contributed by atoms with Gasteiger partial charge in [0.2, 0.25) is 0 Å². The number of aliphatic hydroxyl groups is 1. The van der Waals surface area contributed by atoms with Gasteiger partial charge in [-0.2, -0.15) is 0 Å². The largest absolute Gasteiger partial charge is 0.463 e. The van der Waals surface area contributed by atoms with Gasteiger partial charge in [0, 0.05) is 5.57 Å². The maximum absolute atomic E-state index is 11.7. The van der Waals surface area contributed by atoms with Crippen molar-refractivity contribution in [3.63, 3.8) is 0 Å². The van der Waals surface area contributed by atoms with Gasteiger partial charge in [0.1, 0.15) is 0 Å². The summed E-state index contributed by atoms with van der Waals surface area (Å²) in [6.07, 6.45) is 5.77. The van der Waals surface area contributed by atoms with Crippen molar-refractivity contribution in [2.24, 2.45) is 0 Å². The third-order valence-electron chi connectivity index (χ3n) is 5.16. The predicted molar refractivity (Wildman–Crippen MR) is 144 cm³/mol. The highest BCUT2D eigenvalue weighted by Gasteiger charge is 2.11. The summed E-state index contributed by atoms with van der Waals surface area (Å²) >= 11 is 0. The number of ether oxygens (including phenoxy) is 1. The van der Waals surface area contributed by atoms with E-state index in [-0.39, 0.29) is 33.3 Å². The molecule has 0 saturated carbocycles. The van der Waals surface area contributed by atoms with E-state index in [9.17, 15) is 4.79 Å². The Kier molecular flexibility index (Phi) is 18.6. The topological polar surface area (TPSA) is 46.5 Å². The average Bonchev–Trinajstić information content (AvgIpc) is 2.82. The van der Waals surface area contributed by atoms with Crippen LogP contribution in [-0.2, 0) is 9.53 Å². The standard InChI is InChI=1S/C15H20O2.C13H18O.2CH4/c1-4-13(15(16)17-5-2)11-12(3)14-9-7-6-8-10-14;1-3-12(10-14)9-11(2)13-7-5-4-6-8-13;;/h6-12H,4-5H2,1-3H3;4-9,11,14H,3,10H2,1-2H3;2*1H4/b13-11+;12-9+;;. The van der Waals surface area contributed by atoms with Gasteiger partial charge in [-0.15, -0.1) is 0 Å². The Morgan fingerprint density at radius 2 is 1.27 bits per heavy atom. The van der Waals surface area contributed by atoms with Gasteiger partial charge in [0.05, 0.1) is 13.2 Å². The number of aliphatic hydroxyl groups excluding tert-OH is 1. The Morgan fingerprint density at radius 1 is 0.818 bits per heavy atom. The van der Waals surface area contributed by atoms with Crippen molar-refractivity contribution in [2.75, 3.05) is 13.2 Å². The SMILES string of the molecule is C.C.CC/C(=C\C(C)c1ccccc1)CO.CCOC(=O)/C(=C/C(C)c1ccccc1)CC. The first-order valence-electron chi connectivity index (χ1n) is 11.2. The van der Waals surface area contributed by atoms with Crippen LogP contribution in [0.5, 0.6) is 0 Å². The number of hydrogen-bond acceptors (Lipinski definition) is 3. The summed E-state index contributed by atoms with van der Waals surface area (Å²) in [5, 5.41) is 9.05. The quantitative estimate of drug-likeness (QED) is 0.237. The molecule has 1 N–H and O–H groups in total. The van der Waals surface area contributed by atoms with Crippen LogP contribution >= 0.6 is 0 Å². The lowest BCUT2D eigenvalue weighted by atomic mass is 9.98. The molecule has 0 amide bonds. The van der Waals surface area contributed by atoms with E-state index in [1.54, 1.807) is 0 Å². The Balaban J connectivity index is 0. The summed E-state index contributed by atoms with van der Waals surface area (Å²) in [6, 6.07) is 20.5. The molecule has 0 spiro atoms. The molecule has 0 heterocycles. The van der Waals surface area contributed by atoms with Crippen molar-refractivity contribution >= 4 is 5.97 Å². The second kappa shape index (κ2) is 18.9. The van der Waals surface area contributed by atoms with Gasteiger partial charge in [-0.1, -0.05) is 115 Å². The Bertz CT molecular complexity index is 801. The normalized spacial score (nSPS) is 12.8. The van der Waals surface area contributed by atoms with Crippen LogP contribution in [0.1, 0.15) is 85.3 Å². The van der Waals surface area contributed by atoms with E-state index in [4.69, 9.17) is 9.84 Å². The second-order valence-corrected chi connectivity index (χ2v) is 7.50. The van der Waals surface area contributed by atoms with E-state index in [2.05, 4.69) is 51.1 Å². The van der Waals surface area contributed by atoms with Gasteiger partial charge in [-0.05, 0) is 48.3 Å². The first-order valence-corrected chi connectivity index (χ1v) is 11.2. The lowest BCUT2D eigenvalue weighted by molar-refractivity contribution is -0.138. The van der Waals surface area contributed by atoms with Gasteiger partial charge >= 0.3 is 5.97 Å². The van der Waals surface area contributed by atoms with Crippen LogP contribution in [0, 0.1) is 0 Å². The summed E-state index contributed by atoms with van der Waals surface area (Å²) in [4.78, 5) is 11.7. The van der Waals surface area contributed by atoms with Gasteiger partial charge in [0.15, 0.2) is 0 Å². The number of carbonyl (C=O) groups excluding carboxylic acids is 1. The minimum absolute atomic E-state index is 0. The summed E-state index contributed by atoms with van der Waals surface area (Å²) < 4.78 is 5.02. The third-order valence-corrected chi connectivity index (χ3v) is 5.16. The van der Waals surface area contributed by atoms with Crippen molar-refractivity contribution in [3.05, 3.63) is 95.1 Å². The highest BCUT2D eigenvalue weighted by molar-refractivity contribution is 5.88. The Labute approximate surface area is 203 Å². The molecule has 0 radical (unpaired) electrons. The molecule has 3 nitrogen and oxygen atoms in total. The molecule has 184 valence electrons. The molecular weight excluding hydrogens is 408 g/mol. The highest BCUT2D eigenvalue weighted by atomic mass is 16.5. The van der Waals surface area contributed by atoms with Crippen molar-refractivity contribution in [1.29, 1.82) is 0 Å². The minimum Gasteiger partial charge on any atom is -0.463 e. The zero-order chi connectivity index (χ0) is 23.1. The molecule has 2 unspecified atom stereocenters. The van der Waals surface area contributed by atoms with Crippen molar-refractivity contribution in [3.8, 4) is 0 Å². The van der Waals surface area contributed by atoms with Gasteiger partial charge in [-0.3, -0.25) is 0 Å². The molecule has 0 aliphatic heterocycles. The molecule has 2 aromatic carbocycles. The highest BCUT2D eigenvalue weighted by Crippen LogP contribution is 2.20. The fraction of sp³-hybridized carbons (Fsp3) is 0.433. The number of benzene rings is 2. The van der Waals surface area contributed by atoms with Crippen LogP contribution in [-0.4, -0.2) is 24.3 Å². The molecule has 33 heavy (non-hydrogen) atoms. The van der Waals surface area contributed by atoms with Crippen molar-refractivity contribution in [1.82, 2.24) is 0 Å². The van der Waals surface area contributed by atoms with E-state index in [0.29, 0.717) is 18.9 Å². The van der Waals surface area contributed by atoms with Gasteiger partial charge in [-0.25, -0.2) is 4.79 Å². The molecule has 2 rings (SSSR count). The van der Waals surface area contributed by atoms with Crippen LogP contribution in [0.25, 0.3) is 0 Å². The first kappa shape index (κ1) is 32.5.